The molecule has 3 rings (SSSR count). The van der Waals surface area contributed by atoms with Crippen LogP contribution < -0.4 is 8.91 Å². The van der Waals surface area contributed by atoms with Crippen LogP contribution in [0.3, 0.4) is 0 Å². The van der Waals surface area contributed by atoms with Crippen LogP contribution in [-0.2, 0) is 21.4 Å². The lowest BCUT2D eigenvalue weighted by Gasteiger charge is -2.12. The standard InChI is InChI=1S/C17H14N2O7S2/c1-11-5-7-12(8-6-11)28(24,25)26-17-14-3-2-4-15(18-27(22)23)13(14)9-10-16(17)19(20)21/h2-10,18H,1H3,(H,22,23). The SMILES string of the molecule is Cc1ccc(S(=O)(=O)Oc2c([N+](=O)[O-])ccc3c(NS(=O)O)cccc23)cc1. The molecule has 0 amide bonds. The van der Waals surface area contributed by atoms with Gasteiger partial charge >= 0.3 is 15.8 Å². The molecule has 1 atom stereocenters. The molecule has 0 fully saturated rings. The van der Waals surface area contributed by atoms with Gasteiger partial charge in [-0.3, -0.25) is 19.4 Å². The fraction of sp³-hybridized carbons (Fsp3) is 0.0588. The molecule has 0 heterocycles. The third kappa shape index (κ3) is 3.96. The van der Waals surface area contributed by atoms with Crippen LogP contribution in [0.4, 0.5) is 11.4 Å². The first-order chi connectivity index (χ1) is 13.2. The van der Waals surface area contributed by atoms with Crippen molar-refractivity contribution in [1.82, 2.24) is 0 Å². The fourth-order valence-electron chi connectivity index (χ4n) is 2.60. The molecule has 0 saturated carbocycles. The second-order valence-electron chi connectivity index (χ2n) is 5.77. The van der Waals surface area contributed by atoms with E-state index in [1.807, 2.05) is 0 Å². The van der Waals surface area contributed by atoms with Gasteiger partial charge in [-0.15, -0.1) is 0 Å². The van der Waals surface area contributed by atoms with Crippen LogP contribution in [0.2, 0.25) is 0 Å². The second kappa shape index (κ2) is 7.54. The number of benzene rings is 3. The highest BCUT2D eigenvalue weighted by Crippen LogP contribution is 2.39. The summed E-state index contributed by atoms with van der Waals surface area (Å²) in [6, 6.07) is 12.6. The Morgan fingerprint density at radius 3 is 2.36 bits per heavy atom. The molecule has 0 bridgehead atoms. The van der Waals surface area contributed by atoms with Crippen molar-refractivity contribution in [3.63, 3.8) is 0 Å². The number of hydrogen-bond donors (Lipinski definition) is 2. The summed E-state index contributed by atoms with van der Waals surface area (Å²) >= 11 is -2.39. The van der Waals surface area contributed by atoms with Gasteiger partial charge in [0.2, 0.25) is 5.75 Å². The molecular weight excluding hydrogens is 408 g/mol. The van der Waals surface area contributed by atoms with Crippen LogP contribution in [0.5, 0.6) is 5.75 Å². The highest BCUT2D eigenvalue weighted by atomic mass is 32.2. The van der Waals surface area contributed by atoms with Gasteiger partial charge in [-0.1, -0.05) is 29.8 Å². The van der Waals surface area contributed by atoms with Gasteiger partial charge in [0.05, 0.1) is 10.6 Å². The number of anilines is 1. The van der Waals surface area contributed by atoms with E-state index in [-0.39, 0.29) is 21.4 Å². The summed E-state index contributed by atoms with van der Waals surface area (Å²) in [7, 11) is -4.35. The third-order valence-corrected chi connectivity index (χ3v) is 5.52. The Kier molecular flexibility index (Phi) is 5.31. The number of hydrogen-bond acceptors (Lipinski definition) is 6. The predicted octanol–water partition coefficient (Wildman–Crippen LogP) is 3.37. The molecule has 0 aliphatic heterocycles. The Morgan fingerprint density at radius 1 is 1.07 bits per heavy atom. The molecule has 0 saturated heterocycles. The monoisotopic (exact) mass is 422 g/mol. The Hall–Kier alpha value is -3.02. The van der Waals surface area contributed by atoms with E-state index < -0.39 is 37.7 Å². The van der Waals surface area contributed by atoms with Crippen LogP contribution in [0.15, 0.2) is 59.5 Å². The number of nitro benzene ring substituents is 1. The Labute approximate surface area is 162 Å². The zero-order valence-electron chi connectivity index (χ0n) is 14.4. The second-order valence-corrected chi connectivity index (χ2v) is 8.02. The lowest BCUT2D eigenvalue weighted by molar-refractivity contribution is -0.385. The molecule has 0 spiro atoms. The summed E-state index contributed by atoms with van der Waals surface area (Å²) in [5.41, 5.74) is 0.471. The fourth-order valence-corrected chi connectivity index (χ4v) is 3.92. The summed E-state index contributed by atoms with van der Waals surface area (Å²) < 4.78 is 52.9. The van der Waals surface area contributed by atoms with Crippen LogP contribution >= 0.6 is 0 Å². The Morgan fingerprint density at radius 2 is 1.75 bits per heavy atom. The molecule has 28 heavy (non-hydrogen) atoms. The van der Waals surface area contributed by atoms with Crippen molar-refractivity contribution in [3.8, 4) is 5.75 Å². The maximum atomic E-state index is 12.6. The summed E-state index contributed by atoms with van der Waals surface area (Å²) in [6.07, 6.45) is 0. The Balaban J connectivity index is 2.20. The molecule has 0 radical (unpaired) electrons. The summed E-state index contributed by atoms with van der Waals surface area (Å²) in [5, 5.41) is 11.8. The minimum atomic E-state index is -4.35. The van der Waals surface area contributed by atoms with E-state index in [0.29, 0.717) is 0 Å². The van der Waals surface area contributed by atoms with Gasteiger partial charge in [0.1, 0.15) is 4.90 Å². The molecule has 146 valence electrons. The van der Waals surface area contributed by atoms with E-state index in [4.69, 9.17) is 8.74 Å². The van der Waals surface area contributed by atoms with Gasteiger partial charge in [-0.25, -0.2) is 4.21 Å². The van der Waals surface area contributed by atoms with Gasteiger partial charge in [0.25, 0.3) is 11.3 Å². The predicted molar refractivity (Wildman–Crippen MR) is 104 cm³/mol. The number of aryl methyl sites for hydroxylation is 1. The first-order valence-electron chi connectivity index (χ1n) is 7.78. The van der Waals surface area contributed by atoms with Crippen LogP contribution in [0.1, 0.15) is 5.56 Å². The molecule has 2 N–H and O–H groups in total. The average Bonchev–Trinajstić information content (AvgIpc) is 2.62. The van der Waals surface area contributed by atoms with Gasteiger partial charge in [-0.05, 0) is 31.2 Å². The minimum Gasteiger partial charge on any atom is -0.371 e. The molecular formula is C17H14N2O7S2. The van der Waals surface area contributed by atoms with E-state index in [1.54, 1.807) is 19.1 Å². The van der Waals surface area contributed by atoms with E-state index in [2.05, 4.69) is 4.72 Å². The van der Waals surface area contributed by atoms with Crippen molar-refractivity contribution in [3.05, 3.63) is 70.3 Å². The summed E-state index contributed by atoms with van der Waals surface area (Å²) in [4.78, 5) is 10.5. The lowest BCUT2D eigenvalue weighted by Crippen LogP contribution is -2.11. The lowest BCUT2D eigenvalue weighted by atomic mass is 10.1. The normalized spacial score (nSPS) is 12.5. The van der Waals surface area contributed by atoms with E-state index in [0.717, 1.165) is 11.6 Å². The van der Waals surface area contributed by atoms with E-state index >= 15 is 0 Å². The van der Waals surface area contributed by atoms with Crippen molar-refractivity contribution in [2.24, 2.45) is 0 Å². The highest BCUT2D eigenvalue weighted by molar-refractivity contribution is 7.87. The molecule has 0 aromatic heterocycles. The maximum absolute atomic E-state index is 12.6. The minimum absolute atomic E-state index is 0.0975. The van der Waals surface area contributed by atoms with Crippen LogP contribution in [0.25, 0.3) is 10.8 Å². The van der Waals surface area contributed by atoms with Gasteiger partial charge in [-0.2, -0.15) is 8.42 Å². The zero-order valence-corrected chi connectivity index (χ0v) is 16.0. The molecule has 0 aliphatic carbocycles. The van der Waals surface area contributed by atoms with Crippen molar-refractivity contribution in [2.75, 3.05) is 4.72 Å². The van der Waals surface area contributed by atoms with Crippen molar-refractivity contribution in [2.45, 2.75) is 11.8 Å². The van der Waals surface area contributed by atoms with Crippen molar-refractivity contribution >= 4 is 43.5 Å². The van der Waals surface area contributed by atoms with Crippen molar-refractivity contribution < 1.29 is 26.3 Å². The van der Waals surface area contributed by atoms with Crippen molar-refractivity contribution in [1.29, 1.82) is 0 Å². The van der Waals surface area contributed by atoms with Crippen LogP contribution in [0, 0.1) is 17.0 Å². The van der Waals surface area contributed by atoms with Gasteiger partial charge < -0.3 is 4.18 Å². The van der Waals surface area contributed by atoms with Gasteiger partial charge in [0.15, 0.2) is 0 Å². The third-order valence-electron chi connectivity index (χ3n) is 3.89. The number of nitrogens with one attached hydrogen (secondary N) is 1. The van der Waals surface area contributed by atoms with E-state index in [1.165, 1.54) is 36.4 Å². The number of rotatable bonds is 6. The quantitative estimate of drug-likeness (QED) is 0.269. The molecule has 0 aliphatic rings. The smallest absolute Gasteiger partial charge is 0.339 e. The zero-order chi connectivity index (χ0) is 20.5. The van der Waals surface area contributed by atoms with Gasteiger partial charge in [0, 0.05) is 16.8 Å². The van der Waals surface area contributed by atoms with E-state index in [9.17, 15) is 22.7 Å². The maximum Gasteiger partial charge on any atom is 0.339 e. The first-order valence-corrected chi connectivity index (χ1v) is 10.3. The molecule has 3 aromatic carbocycles. The first kappa shape index (κ1) is 19.7. The highest BCUT2D eigenvalue weighted by Gasteiger charge is 2.26. The summed E-state index contributed by atoms with van der Waals surface area (Å²) in [6.45, 7) is 1.78. The largest absolute Gasteiger partial charge is 0.371 e. The molecule has 3 aromatic rings. The topological polar surface area (TPSA) is 136 Å². The summed E-state index contributed by atoms with van der Waals surface area (Å²) in [5.74, 6) is -0.476. The average molecular weight is 422 g/mol. The molecule has 1 unspecified atom stereocenters. The number of nitro groups is 1. The number of fused-ring (bicyclic) bond motifs is 1. The number of nitrogens with zero attached hydrogens (tertiary/aromatic N) is 1. The Bertz CT molecular complexity index is 1190. The molecule has 11 heteroatoms. The molecule has 9 nitrogen and oxygen atoms in total. The van der Waals surface area contributed by atoms with Crippen LogP contribution in [-0.4, -0.2) is 22.1 Å².